The Bertz CT molecular complexity index is 557. The van der Waals surface area contributed by atoms with E-state index >= 15 is 0 Å². The van der Waals surface area contributed by atoms with Crippen LogP contribution in [0.15, 0.2) is 18.2 Å². The van der Waals surface area contributed by atoms with E-state index in [2.05, 4.69) is 71.3 Å². The van der Waals surface area contributed by atoms with E-state index in [1.54, 1.807) is 7.11 Å². The molecule has 144 valence electrons. The smallest absolute Gasteiger partial charge is 0.311 e. The summed E-state index contributed by atoms with van der Waals surface area (Å²) < 4.78 is 18.6. The molecule has 3 nitrogen and oxygen atoms in total. The van der Waals surface area contributed by atoms with Crippen LogP contribution in [0, 0.1) is 6.92 Å². The molecule has 0 bridgehead atoms. The van der Waals surface area contributed by atoms with E-state index in [4.69, 9.17) is 13.0 Å². The van der Waals surface area contributed by atoms with Gasteiger partial charge >= 0.3 is 8.56 Å². The molecule has 0 saturated carbocycles. The highest BCUT2D eigenvalue weighted by molar-refractivity contribution is 6.87. The summed E-state index contributed by atoms with van der Waals surface area (Å²) in [6, 6.07) is 8.84. The molecule has 0 radical (unpaired) electrons. The van der Waals surface area contributed by atoms with Crippen LogP contribution in [-0.2, 0) is 14.7 Å². The fourth-order valence-corrected chi connectivity index (χ4v) is 16.4. The van der Waals surface area contributed by atoms with Crippen molar-refractivity contribution < 1.29 is 13.0 Å². The van der Waals surface area contributed by atoms with Gasteiger partial charge in [-0.2, -0.15) is 0 Å². The highest BCUT2D eigenvalue weighted by Crippen LogP contribution is 2.26. The fourth-order valence-electron chi connectivity index (χ4n) is 3.21. The first-order valence-corrected chi connectivity index (χ1v) is 18.5. The van der Waals surface area contributed by atoms with Crippen LogP contribution >= 0.6 is 0 Å². The normalized spacial score (nSPS) is 13.2. The molecule has 0 fully saturated rings. The number of aryl methyl sites for hydroxylation is 2. The van der Waals surface area contributed by atoms with Crippen LogP contribution in [0.25, 0.3) is 0 Å². The molecule has 0 unspecified atom stereocenters. The van der Waals surface area contributed by atoms with Gasteiger partial charge in [0.15, 0.2) is 16.6 Å². The molecule has 0 aliphatic rings. The lowest BCUT2D eigenvalue weighted by Crippen LogP contribution is -2.52. The summed E-state index contributed by atoms with van der Waals surface area (Å²) in [6.45, 7) is 18.0. The average molecular weight is 399 g/mol. The molecular weight excluding hydrogens is 360 g/mol. The lowest BCUT2D eigenvalue weighted by atomic mass is 10.1. The Balaban J connectivity index is 2.57. The molecule has 0 atom stereocenters. The van der Waals surface area contributed by atoms with Gasteiger partial charge in [-0.15, -0.1) is 0 Å². The molecule has 0 heterocycles. The zero-order valence-electron chi connectivity index (χ0n) is 17.8. The van der Waals surface area contributed by atoms with E-state index in [1.807, 2.05) is 0 Å². The van der Waals surface area contributed by atoms with Crippen molar-refractivity contribution in [3.8, 4) is 5.75 Å². The second-order valence-corrected chi connectivity index (χ2v) is 21.3. The van der Waals surface area contributed by atoms with Crippen molar-refractivity contribution >= 4 is 25.2 Å². The van der Waals surface area contributed by atoms with Gasteiger partial charge in [0.2, 0.25) is 0 Å². The van der Waals surface area contributed by atoms with Crippen LogP contribution in [0.5, 0.6) is 5.75 Å². The Kier molecular flexibility index (Phi) is 8.14. The first-order chi connectivity index (χ1) is 11.4. The maximum atomic E-state index is 6.63. The SMILES string of the molecule is CC[Si](C)(C)O[Si](C)(C)O[Si](C)(C)CCCc1ccc(C)c(OC)c1. The first-order valence-electron chi connectivity index (χ1n) is 9.43. The predicted octanol–water partition coefficient (Wildman–Crippen LogP) is 6.10. The molecular formula is C19H38O3Si3. The molecule has 0 N–H and O–H groups in total. The molecule has 1 aromatic carbocycles. The molecule has 0 aliphatic heterocycles. The lowest BCUT2D eigenvalue weighted by Gasteiger charge is -2.38. The van der Waals surface area contributed by atoms with Crippen LogP contribution in [0.4, 0.5) is 0 Å². The molecule has 0 amide bonds. The minimum absolute atomic E-state index is 0.985. The van der Waals surface area contributed by atoms with Crippen molar-refractivity contribution in [1.29, 1.82) is 0 Å². The molecule has 1 rings (SSSR count). The van der Waals surface area contributed by atoms with Crippen molar-refractivity contribution in [2.45, 2.75) is 78.1 Å². The Labute approximate surface area is 158 Å². The number of ether oxygens (including phenoxy) is 1. The van der Waals surface area contributed by atoms with Gasteiger partial charge in [0.05, 0.1) is 7.11 Å². The number of rotatable bonds is 10. The summed E-state index contributed by atoms with van der Waals surface area (Å²) in [4.78, 5) is 0. The van der Waals surface area contributed by atoms with Gasteiger partial charge in [-0.3, -0.25) is 0 Å². The number of methoxy groups -OCH3 is 1. The maximum absolute atomic E-state index is 6.63. The third-order valence-electron chi connectivity index (χ3n) is 4.61. The van der Waals surface area contributed by atoms with Gasteiger partial charge < -0.3 is 13.0 Å². The van der Waals surface area contributed by atoms with Crippen molar-refractivity contribution in [2.75, 3.05) is 7.11 Å². The molecule has 0 saturated heterocycles. The highest BCUT2D eigenvalue weighted by atomic mass is 28.5. The number of benzene rings is 1. The van der Waals surface area contributed by atoms with Crippen molar-refractivity contribution in [2.24, 2.45) is 0 Å². The van der Waals surface area contributed by atoms with Gasteiger partial charge in [-0.1, -0.05) is 19.1 Å². The standard InChI is InChI=1S/C19H38O3Si3/c1-10-23(4,5)21-25(8,9)22-24(6,7)15-11-12-18-14-13-17(2)19(16-18)20-3/h13-14,16H,10-12,15H2,1-9H3. The number of hydrogen-bond donors (Lipinski definition) is 0. The van der Waals surface area contributed by atoms with Gasteiger partial charge in [-0.25, -0.2) is 0 Å². The average Bonchev–Trinajstić information content (AvgIpc) is 2.46. The summed E-state index contributed by atoms with van der Waals surface area (Å²) in [5, 5.41) is 0. The van der Waals surface area contributed by atoms with Gasteiger partial charge in [0.1, 0.15) is 5.75 Å². The minimum atomic E-state index is -2.04. The zero-order valence-corrected chi connectivity index (χ0v) is 20.8. The van der Waals surface area contributed by atoms with E-state index < -0.39 is 25.2 Å². The molecule has 25 heavy (non-hydrogen) atoms. The molecule has 0 spiro atoms. The summed E-state index contributed by atoms with van der Waals surface area (Å²) >= 11 is 0. The first kappa shape index (κ1) is 22.6. The number of hydrogen-bond acceptors (Lipinski definition) is 3. The molecule has 0 aromatic heterocycles. The minimum Gasteiger partial charge on any atom is -0.496 e. The predicted molar refractivity (Wildman–Crippen MR) is 116 cm³/mol. The highest BCUT2D eigenvalue weighted by Gasteiger charge is 2.38. The monoisotopic (exact) mass is 398 g/mol. The molecule has 1 aromatic rings. The van der Waals surface area contributed by atoms with E-state index in [9.17, 15) is 0 Å². The van der Waals surface area contributed by atoms with Crippen LogP contribution in [-0.4, -0.2) is 32.3 Å². The largest absolute Gasteiger partial charge is 0.496 e. The maximum Gasteiger partial charge on any atom is 0.311 e. The third-order valence-corrected chi connectivity index (χ3v) is 16.2. The fraction of sp³-hybridized carbons (Fsp3) is 0.684. The van der Waals surface area contributed by atoms with Crippen LogP contribution in [0.1, 0.15) is 24.5 Å². The van der Waals surface area contributed by atoms with E-state index in [0.29, 0.717) is 0 Å². The van der Waals surface area contributed by atoms with Crippen LogP contribution in [0.2, 0.25) is 51.4 Å². The molecule has 6 heteroatoms. The van der Waals surface area contributed by atoms with Gasteiger partial charge in [0.25, 0.3) is 0 Å². The Hall–Kier alpha value is -0.409. The lowest BCUT2D eigenvalue weighted by molar-refractivity contribution is 0.388. The Morgan fingerprint density at radius 2 is 1.52 bits per heavy atom. The summed E-state index contributed by atoms with van der Waals surface area (Å²) in [5.41, 5.74) is 2.54. The second-order valence-electron chi connectivity index (χ2n) is 8.63. The van der Waals surface area contributed by atoms with Crippen LogP contribution < -0.4 is 4.74 Å². The quantitative estimate of drug-likeness (QED) is 0.445. The van der Waals surface area contributed by atoms with Crippen molar-refractivity contribution in [3.05, 3.63) is 29.3 Å². The topological polar surface area (TPSA) is 27.7 Å². The van der Waals surface area contributed by atoms with E-state index in [0.717, 1.165) is 30.7 Å². The van der Waals surface area contributed by atoms with Gasteiger partial charge in [-0.05, 0) is 88.3 Å². The Morgan fingerprint density at radius 3 is 2.08 bits per heavy atom. The Morgan fingerprint density at radius 1 is 0.920 bits per heavy atom. The zero-order chi connectivity index (χ0) is 19.3. The van der Waals surface area contributed by atoms with E-state index in [1.165, 1.54) is 11.1 Å². The summed E-state index contributed by atoms with van der Waals surface area (Å²) in [7, 11) is -3.58. The summed E-state index contributed by atoms with van der Waals surface area (Å²) in [6.07, 6.45) is 2.24. The van der Waals surface area contributed by atoms with Crippen molar-refractivity contribution in [1.82, 2.24) is 0 Å². The third kappa shape index (κ3) is 8.21. The van der Waals surface area contributed by atoms with Gasteiger partial charge in [0, 0.05) is 0 Å². The van der Waals surface area contributed by atoms with Crippen molar-refractivity contribution in [3.63, 3.8) is 0 Å². The second kappa shape index (κ2) is 8.99. The van der Waals surface area contributed by atoms with E-state index in [-0.39, 0.29) is 0 Å². The summed E-state index contributed by atoms with van der Waals surface area (Å²) in [5.74, 6) is 0.985. The van der Waals surface area contributed by atoms with Crippen LogP contribution in [0.3, 0.4) is 0 Å². The molecule has 0 aliphatic carbocycles.